The third-order valence-electron chi connectivity index (χ3n) is 4.52. The maximum absolute atomic E-state index is 13.8. The van der Waals surface area contributed by atoms with Gasteiger partial charge in [0.1, 0.15) is 11.6 Å². The number of hydrogen-bond donors (Lipinski definition) is 3. The minimum absolute atomic E-state index is 0.00568. The van der Waals surface area contributed by atoms with E-state index in [1.165, 1.54) is 6.92 Å². The van der Waals surface area contributed by atoms with Gasteiger partial charge in [0.15, 0.2) is 10.9 Å². The largest absolute Gasteiger partial charge is 0.326 e. The average molecular weight is 474 g/mol. The van der Waals surface area contributed by atoms with Crippen molar-refractivity contribution in [1.82, 2.24) is 15.2 Å². The van der Waals surface area contributed by atoms with Crippen LogP contribution >= 0.6 is 11.8 Å². The number of thioether (sulfide) groups is 1. The van der Waals surface area contributed by atoms with Crippen molar-refractivity contribution >= 4 is 35.0 Å². The number of carbonyl (C=O) groups is 2. The number of aromatic amines is 1. The second-order valence-electron chi connectivity index (χ2n) is 7.17. The number of rotatable bonds is 7. The molecule has 0 unspecified atom stereocenters. The zero-order valence-electron chi connectivity index (χ0n) is 18.0. The number of halogens is 2. The van der Waals surface area contributed by atoms with Crippen LogP contribution in [0.2, 0.25) is 0 Å². The van der Waals surface area contributed by atoms with Gasteiger partial charge in [0.25, 0.3) is 5.56 Å². The van der Waals surface area contributed by atoms with Gasteiger partial charge in [0.05, 0.1) is 16.6 Å². The second-order valence-corrected chi connectivity index (χ2v) is 8.36. The summed E-state index contributed by atoms with van der Waals surface area (Å²) < 4.78 is 27.2. The van der Waals surface area contributed by atoms with E-state index in [4.69, 9.17) is 0 Å². The number of benzene rings is 2. The highest BCUT2D eigenvalue weighted by Crippen LogP contribution is 2.27. The Morgan fingerprint density at radius 2 is 1.85 bits per heavy atom. The maximum Gasteiger partial charge on any atom is 0.278 e. The highest BCUT2D eigenvalue weighted by Gasteiger charge is 2.22. The van der Waals surface area contributed by atoms with E-state index in [2.05, 4.69) is 25.8 Å². The molecule has 8 nitrogen and oxygen atoms in total. The number of carbonyl (C=O) groups excluding carboxylic acids is 2. The van der Waals surface area contributed by atoms with Crippen molar-refractivity contribution in [3.05, 3.63) is 63.9 Å². The fraction of sp³-hybridized carbons (Fsp3) is 0.227. The topological polar surface area (TPSA) is 117 Å². The third-order valence-corrected chi connectivity index (χ3v) is 5.76. The molecule has 1 aromatic heterocycles. The molecular formula is C22H21F2N5O3S. The first-order valence-electron chi connectivity index (χ1n) is 9.96. The van der Waals surface area contributed by atoms with E-state index in [9.17, 15) is 23.2 Å². The quantitative estimate of drug-likeness (QED) is 0.449. The lowest BCUT2D eigenvalue weighted by Crippen LogP contribution is -2.26. The van der Waals surface area contributed by atoms with Crippen molar-refractivity contribution in [2.24, 2.45) is 0 Å². The molecule has 0 aliphatic carbocycles. The Balaban J connectivity index is 1.83. The Morgan fingerprint density at radius 3 is 2.52 bits per heavy atom. The fourth-order valence-corrected chi connectivity index (χ4v) is 3.81. The van der Waals surface area contributed by atoms with Crippen LogP contribution in [-0.4, -0.2) is 32.2 Å². The first kappa shape index (κ1) is 24.1. The molecule has 11 heteroatoms. The summed E-state index contributed by atoms with van der Waals surface area (Å²) in [5.74, 6) is -2.34. The summed E-state index contributed by atoms with van der Waals surface area (Å²) in [6, 6.07) is 7.90. The Morgan fingerprint density at radius 1 is 1.09 bits per heavy atom. The van der Waals surface area contributed by atoms with Crippen LogP contribution in [0.25, 0.3) is 11.3 Å². The lowest BCUT2D eigenvalue weighted by atomic mass is 10.1. The van der Waals surface area contributed by atoms with Gasteiger partial charge in [-0.1, -0.05) is 30.3 Å². The molecule has 0 fully saturated rings. The normalized spacial score (nSPS) is 11.7. The van der Waals surface area contributed by atoms with Crippen LogP contribution in [0, 0.1) is 18.6 Å². The predicted octanol–water partition coefficient (Wildman–Crippen LogP) is 3.89. The van der Waals surface area contributed by atoms with Gasteiger partial charge in [-0.3, -0.25) is 19.4 Å². The summed E-state index contributed by atoms with van der Waals surface area (Å²) in [6.45, 7) is 4.91. The molecule has 3 aromatic rings. The Hall–Kier alpha value is -3.60. The summed E-state index contributed by atoms with van der Waals surface area (Å²) >= 11 is 0.935. The molecule has 0 aliphatic rings. The summed E-state index contributed by atoms with van der Waals surface area (Å²) in [7, 11) is 0. The molecule has 3 rings (SSSR count). The number of amides is 2. The van der Waals surface area contributed by atoms with Crippen LogP contribution in [0.1, 0.15) is 25.8 Å². The van der Waals surface area contributed by atoms with Gasteiger partial charge in [-0.25, -0.2) is 8.78 Å². The molecule has 2 amide bonds. The smallest absolute Gasteiger partial charge is 0.278 e. The molecule has 172 valence electrons. The van der Waals surface area contributed by atoms with Crippen molar-refractivity contribution in [2.45, 2.75) is 37.6 Å². The van der Waals surface area contributed by atoms with Crippen LogP contribution in [0.3, 0.4) is 0 Å². The average Bonchev–Trinajstić information content (AvgIpc) is 2.75. The van der Waals surface area contributed by atoms with Crippen molar-refractivity contribution in [1.29, 1.82) is 0 Å². The van der Waals surface area contributed by atoms with Crippen LogP contribution in [-0.2, 0) is 9.59 Å². The predicted molar refractivity (Wildman–Crippen MR) is 122 cm³/mol. The van der Waals surface area contributed by atoms with Crippen molar-refractivity contribution in [3.63, 3.8) is 0 Å². The molecule has 0 bridgehead atoms. The number of nitrogens with one attached hydrogen (secondary N) is 3. The molecule has 1 heterocycles. The van der Waals surface area contributed by atoms with Crippen molar-refractivity contribution in [2.75, 3.05) is 10.6 Å². The number of H-pyrrole nitrogens is 1. The van der Waals surface area contributed by atoms with Gasteiger partial charge < -0.3 is 10.6 Å². The van der Waals surface area contributed by atoms with Crippen LogP contribution < -0.4 is 16.2 Å². The number of anilines is 2. The SMILES string of the molecule is CC[C@H](Sc1nnc(-c2cc(C)ccc2NC(C)=O)c(=O)[nH]1)C(=O)Nc1cc(F)ccc1F. The van der Waals surface area contributed by atoms with Crippen molar-refractivity contribution in [3.8, 4) is 11.3 Å². The Bertz CT molecular complexity index is 1270. The minimum Gasteiger partial charge on any atom is -0.326 e. The number of hydrogen-bond acceptors (Lipinski definition) is 6. The number of nitrogens with zero attached hydrogens (tertiary/aromatic N) is 2. The van der Waals surface area contributed by atoms with Gasteiger partial charge >= 0.3 is 0 Å². The fourth-order valence-electron chi connectivity index (χ4n) is 2.97. The summed E-state index contributed by atoms with van der Waals surface area (Å²) in [4.78, 5) is 39.4. The molecule has 33 heavy (non-hydrogen) atoms. The number of aromatic nitrogens is 3. The van der Waals surface area contributed by atoms with E-state index in [1.54, 1.807) is 25.1 Å². The molecule has 0 radical (unpaired) electrons. The lowest BCUT2D eigenvalue weighted by Gasteiger charge is -2.14. The zero-order valence-corrected chi connectivity index (χ0v) is 18.8. The lowest BCUT2D eigenvalue weighted by molar-refractivity contribution is -0.116. The zero-order chi connectivity index (χ0) is 24.1. The van der Waals surface area contributed by atoms with Crippen LogP contribution in [0.4, 0.5) is 20.2 Å². The third kappa shape index (κ3) is 6.01. The van der Waals surface area contributed by atoms with Crippen LogP contribution in [0.5, 0.6) is 0 Å². The molecule has 0 saturated carbocycles. The first-order chi connectivity index (χ1) is 15.7. The summed E-state index contributed by atoms with van der Waals surface area (Å²) in [5.41, 5.74) is 0.838. The van der Waals surface area contributed by atoms with Crippen molar-refractivity contribution < 1.29 is 18.4 Å². The highest BCUT2D eigenvalue weighted by molar-refractivity contribution is 8.00. The standard InChI is InChI=1S/C22H21F2N5O3S/c1-4-18(20(31)26-17-10-13(23)6-7-15(17)24)33-22-27-21(32)19(28-29-22)14-9-11(2)5-8-16(14)25-12(3)30/h5-10,18H,4H2,1-3H3,(H,25,30)(H,26,31)(H,27,29,32)/t18-/m0/s1. The van der Waals surface area contributed by atoms with E-state index >= 15 is 0 Å². The van der Waals surface area contributed by atoms with Gasteiger partial charge in [-0.05, 0) is 37.6 Å². The van der Waals surface area contributed by atoms with E-state index in [0.717, 1.165) is 35.5 Å². The Labute approximate surface area is 192 Å². The van der Waals surface area contributed by atoms with Gasteiger partial charge in [-0.15, -0.1) is 10.2 Å². The molecule has 2 aromatic carbocycles. The number of aryl methyl sites for hydroxylation is 1. The summed E-state index contributed by atoms with van der Waals surface area (Å²) in [5, 5.41) is 12.3. The van der Waals surface area contributed by atoms with Gasteiger partial charge in [-0.2, -0.15) is 0 Å². The monoisotopic (exact) mass is 473 g/mol. The molecule has 0 aliphatic heterocycles. The molecule has 3 N–H and O–H groups in total. The molecule has 1 atom stereocenters. The van der Waals surface area contributed by atoms with Gasteiger partial charge in [0, 0.05) is 18.6 Å². The second kappa shape index (κ2) is 10.3. The van der Waals surface area contributed by atoms with E-state index in [0.29, 0.717) is 17.7 Å². The molecular weight excluding hydrogens is 452 g/mol. The Kier molecular flexibility index (Phi) is 7.54. The van der Waals surface area contributed by atoms with E-state index < -0.39 is 28.4 Å². The molecule has 0 spiro atoms. The summed E-state index contributed by atoms with van der Waals surface area (Å²) in [6.07, 6.45) is 0.323. The van der Waals surface area contributed by atoms with E-state index in [1.807, 2.05) is 6.92 Å². The van der Waals surface area contributed by atoms with Gasteiger partial charge in [0.2, 0.25) is 11.8 Å². The van der Waals surface area contributed by atoms with E-state index in [-0.39, 0.29) is 22.4 Å². The molecule has 0 saturated heterocycles. The van der Waals surface area contributed by atoms with Crippen LogP contribution in [0.15, 0.2) is 46.3 Å². The minimum atomic E-state index is -0.768. The maximum atomic E-state index is 13.8. The first-order valence-corrected chi connectivity index (χ1v) is 10.8. The highest BCUT2D eigenvalue weighted by atomic mass is 32.2.